The number of alkyl halides is 7. The Hall–Kier alpha value is -2.00. The van der Waals surface area contributed by atoms with Gasteiger partial charge < -0.3 is 9.47 Å². The van der Waals surface area contributed by atoms with Crippen molar-refractivity contribution < 1.29 is 45.0 Å². The lowest BCUT2D eigenvalue weighted by molar-refractivity contribution is -0.212. The van der Waals surface area contributed by atoms with E-state index >= 15 is 0 Å². The quantitative estimate of drug-likeness (QED) is 0.359. The first kappa shape index (κ1) is 24.0. The molecule has 10 heteroatoms. The third-order valence-electron chi connectivity index (χ3n) is 3.84. The van der Waals surface area contributed by atoms with Gasteiger partial charge in [-0.15, -0.1) is 0 Å². The predicted octanol–water partition coefficient (Wildman–Crippen LogP) is 5.74. The van der Waals surface area contributed by atoms with Crippen LogP contribution in [0.15, 0.2) is 24.3 Å². The highest BCUT2D eigenvalue weighted by Gasteiger charge is 2.50. The number of carbonyl (C=O) groups excluding carboxylic acids is 1. The number of hydrogen-bond acceptors (Lipinski definition) is 3. The van der Waals surface area contributed by atoms with Crippen LogP contribution in [0.3, 0.4) is 0 Å². The standard InChI is InChI=1S/C18H21F7O3/c1-3-12(2)13-4-6-14(7-5-13)27-8-15(26)28-11-17(21,22)9-16(19,20)10-18(23,24)25/h4-7,12H,3,8-11H2,1-2H3. The molecule has 0 aromatic heterocycles. The second-order valence-electron chi connectivity index (χ2n) is 6.51. The van der Waals surface area contributed by atoms with Gasteiger partial charge in [0.2, 0.25) is 0 Å². The van der Waals surface area contributed by atoms with Crippen LogP contribution in [0.4, 0.5) is 30.7 Å². The summed E-state index contributed by atoms with van der Waals surface area (Å²) in [5, 5.41) is 0. The fraction of sp³-hybridized carbons (Fsp3) is 0.611. The number of ether oxygens (including phenoxy) is 2. The summed E-state index contributed by atoms with van der Waals surface area (Å²) in [7, 11) is 0. The van der Waals surface area contributed by atoms with E-state index in [2.05, 4.69) is 4.74 Å². The smallest absolute Gasteiger partial charge is 0.394 e. The van der Waals surface area contributed by atoms with E-state index in [1.165, 1.54) is 0 Å². The lowest BCUT2D eigenvalue weighted by Crippen LogP contribution is -2.37. The van der Waals surface area contributed by atoms with Crippen molar-refractivity contribution in [3.8, 4) is 5.75 Å². The molecule has 0 aliphatic rings. The van der Waals surface area contributed by atoms with Crippen LogP contribution < -0.4 is 4.74 Å². The van der Waals surface area contributed by atoms with Crippen LogP contribution in [-0.2, 0) is 9.53 Å². The largest absolute Gasteiger partial charge is 0.482 e. The molecule has 0 radical (unpaired) electrons. The fourth-order valence-electron chi connectivity index (χ4n) is 2.28. The van der Waals surface area contributed by atoms with Crippen molar-refractivity contribution in [1.29, 1.82) is 0 Å². The van der Waals surface area contributed by atoms with Crippen LogP contribution >= 0.6 is 0 Å². The molecule has 0 aliphatic heterocycles. The summed E-state index contributed by atoms with van der Waals surface area (Å²) in [5.74, 6) is -9.67. The maximum Gasteiger partial charge on any atom is 0.394 e. The zero-order chi connectivity index (χ0) is 21.6. The van der Waals surface area contributed by atoms with Gasteiger partial charge >= 0.3 is 12.1 Å². The molecule has 0 aliphatic carbocycles. The number of benzene rings is 1. The van der Waals surface area contributed by atoms with Gasteiger partial charge in [-0.25, -0.2) is 22.4 Å². The number of halogens is 7. The van der Waals surface area contributed by atoms with E-state index in [1.54, 1.807) is 24.3 Å². The van der Waals surface area contributed by atoms with Gasteiger partial charge in [0.15, 0.2) is 13.2 Å². The lowest BCUT2D eigenvalue weighted by atomic mass is 9.99. The van der Waals surface area contributed by atoms with E-state index in [0.717, 1.165) is 12.0 Å². The number of esters is 1. The summed E-state index contributed by atoms with van der Waals surface area (Å²) in [5.41, 5.74) is 1.04. The van der Waals surface area contributed by atoms with Crippen LogP contribution in [-0.4, -0.2) is 37.2 Å². The second kappa shape index (κ2) is 9.47. The number of carbonyl (C=O) groups is 1. The van der Waals surface area contributed by atoms with Crippen LogP contribution in [0.1, 0.15) is 44.6 Å². The van der Waals surface area contributed by atoms with Crippen molar-refractivity contribution in [1.82, 2.24) is 0 Å². The molecule has 1 aromatic rings. The number of rotatable bonds is 10. The van der Waals surface area contributed by atoms with Crippen molar-refractivity contribution in [2.75, 3.05) is 13.2 Å². The fourth-order valence-corrected chi connectivity index (χ4v) is 2.28. The highest BCUT2D eigenvalue weighted by atomic mass is 19.4. The van der Waals surface area contributed by atoms with Gasteiger partial charge in [0.05, 0.1) is 6.42 Å². The Morgan fingerprint density at radius 2 is 1.54 bits per heavy atom. The first-order chi connectivity index (χ1) is 12.7. The molecule has 0 saturated heterocycles. The maximum absolute atomic E-state index is 13.4. The summed E-state index contributed by atoms with van der Waals surface area (Å²) in [6.07, 6.45) is -9.44. The molecular weight excluding hydrogens is 397 g/mol. The highest BCUT2D eigenvalue weighted by Crippen LogP contribution is 2.38. The monoisotopic (exact) mass is 418 g/mol. The lowest BCUT2D eigenvalue weighted by Gasteiger charge is -2.23. The molecule has 0 saturated carbocycles. The topological polar surface area (TPSA) is 35.5 Å². The zero-order valence-corrected chi connectivity index (χ0v) is 15.3. The third kappa shape index (κ3) is 9.27. The molecule has 1 unspecified atom stereocenters. The van der Waals surface area contributed by atoms with E-state index in [0.29, 0.717) is 5.92 Å². The maximum atomic E-state index is 13.4. The van der Waals surface area contributed by atoms with Crippen molar-refractivity contribution >= 4 is 5.97 Å². The van der Waals surface area contributed by atoms with E-state index in [9.17, 15) is 35.5 Å². The normalized spacial score (nSPS) is 13.9. The van der Waals surface area contributed by atoms with E-state index in [4.69, 9.17) is 4.74 Å². The Labute approximate surface area is 157 Å². The Morgan fingerprint density at radius 1 is 0.964 bits per heavy atom. The third-order valence-corrected chi connectivity index (χ3v) is 3.84. The van der Waals surface area contributed by atoms with Gasteiger partial charge in [-0.1, -0.05) is 26.0 Å². The van der Waals surface area contributed by atoms with Crippen molar-refractivity contribution in [3.05, 3.63) is 29.8 Å². The molecular formula is C18H21F7O3. The molecule has 0 bridgehead atoms. The molecule has 160 valence electrons. The van der Waals surface area contributed by atoms with Gasteiger partial charge in [-0.05, 0) is 30.0 Å². The molecule has 0 spiro atoms. The minimum atomic E-state index is -5.30. The first-order valence-corrected chi connectivity index (χ1v) is 8.44. The van der Waals surface area contributed by atoms with E-state index < -0.39 is 50.0 Å². The molecule has 1 atom stereocenters. The summed E-state index contributed by atoms with van der Waals surface area (Å²) in [4.78, 5) is 11.4. The minimum absolute atomic E-state index is 0.271. The second-order valence-corrected chi connectivity index (χ2v) is 6.51. The molecule has 3 nitrogen and oxygen atoms in total. The summed E-state index contributed by atoms with van der Waals surface area (Å²) in [6, 6.07) is 6.68. The van der Waals surface area contributed by atoms with Crippen LogP contribution in [0.2, 0.25) is 0 Å². The number of hydrogen-bond donors (Lipinski definition) is 0. The molecule has 0 amide bonds. The summed E-state index contributed by atoms with van der Waals surface area (Å²) in [6.45, 7) is 1.51. The van der Waals surface area contributed by atoms with Crippen molar-refractivity contribution in [2.24, 2.45) is 0 Å². The molecule has 0 heterocycles. The molecule has 0 N–H and O–H groups in total. The first-order valence-electron chi connectivity index (χ1n) is 8.44. The summed E-state index contributed by atoms with van der Waals surface area (Å²) < 4.78 is 98.0. The summed E-state index contributed by atoms with van der Waals surface area (Å²) >= 11 is 0. The molecule has 1 rings (SSSR count). The Bertz CT molecular complexity index is 627. The van der Waals surface area contributed by atoms with Crippen molar-refractivity contribution in [2.45, 2.75) is 57.0 Å². The molecule has 1 aromatic carbocycles. The van der Waals surface area contributed by atoms with Gasteiger partial charge in [-0.2, -0.15) is 13.2 Å². The van der Waals surface area contributed by atoms with Crippen molar-refractivity contribution in [3.63, 3.8) is 0 Å². The van der Waals surface area contributed by atoms with Gasteiger partial charge in [-0.3, -0.25) is 0 Å². The molecule has 0 fully saturated rings. The predicted molar refractivity (Wildman–Crippen MR) is 86.8 cm³/mol. The Kier molecular flexibility index (Phi) is 8.13. The van der Waals surface area contributed by atoms with Gasteiger partial charge in [0.25, 0.3) is 11.8 Å². The Balaban J connectivity index is 2.46. The minimum Gasteiger partial charge on any atom is -0.482 e. The van der Waals surface area contributed by atoms with Gasteiger partial charge in [0, 0.05) is 0 Å². The van der Waals surface area contributed by atoms with Crippen LogP contribution in [0.25, 0.3) is 0 Å². The Morgan fingerprint density at radius 3 is 2.04 bits per heavy atom. The van der Waals surface area contributed by atoms with Gasteiger partial charge in [0.1, 0.15) is 12.2 Å². The average Bonchev–Trinajstić information content (AvgIpc) is 2.54. The average molecular weight is 418 g/mol. The SMILES string of the molecule is CCC(C)c1ccc(OCC(=O)OCC(F)(F)CC(F)(F)CC(F)(F)F)cc1. The van der Waals surface area contributed by atoms with E-state index in [-0.39, 0.29) is 5.75 Å². The zero-order valence-electron chi connectivity index (χ0n) is 15.3. The van der Waals surface area contributed by atoms with E-state index in [1.807, 2.05) is 13.8 Å². The molecule has 28 heavy (non-hydrogen) atoms. The highest BCUT2D eigenvalue weighted by molar-refractivity contribution is 5.71. The van der Waals surface area contributed by atoms with Crippen LogP contribution in [0, 0.1) is 0 Å². The van der Waals surface area contributed by atoms with Crippen LogP contribution in [0.5, 0.6) is 5.75 Å².